The SMILES string of the molecule is COc1ccc(C2c3[nH]c4ccc(OC)cc4c3CCN2C(=O)Nc2ccc(C)c(C)c2)cc1. The number of anilines is 1. The molecule has 0 fully saturated rings. The quantitative estimate of drug-likeness (QED) is 0.398. The minimum Gasteiger partial charge on any atom is -0.497 e. The molecule has 6 nitrogen and oxygen atoms in total. The second-order valence-corrected chi connectivity index (χ2v) is 8.78. The third-order valence-electron chi connectivity index (χ3n) is 6.78. The number of nitrogens with one attached hydrogen (secondary N) is 2. The monoisotopic (exact) mass is 455 g/mol. The summed E-state index contributed by atoms with van der Waals surface area (Å²) < 4.78 is 10.8. The Morgan fingerprint density at radius 2 is 1.68 bits per heavy atom. The Balaban J connectivity index is 1.57. The van der Waals surface area contributed by atoms with Crippen molar-refractivity contribution >= 4 is 22.6 Å². The summed E-state index contributed by atoms with van der Waals surface area (Å²) in [5, 5.41) is 4.25. The lowest BCUT2D eigenvalue weighted by Crippen LogP contribution is -2.43. The first-order valence-electron chi connectivity index (χ1n) is 11.5. The van der Waals surface area contributed by atoms with E-state index < -0.39 is 0 Å². The van der Waals surface area contributed by atoms with Crippen LogP contribution >= 0.6 is 0 Å². The van der Waals surface area contributed by atoms with Gasteiger partial charge in [-0.2, -0.15) is 0 Å². The van der Waals surface area contributed by atoms with Gasteiger partial charge in [-0.25, -0.2) is 4.79 Å². The van der Waals surface area contributed by atoms with Gasteiger partial charge < -0.3 is 24.7 Å². The van der Waals surface area contributed by atoms with Gasteiger partial charge in [0.25, 0.3) is 0 Å². The van der Waals surface area contributed by atoms with E-state index in [0.29, 0.717) is 6.54 Å². The second-order valence-electron chi connectivity index (χ2n) is 8.78. The fraction of sp³-hybridized carbons (Fsp3) is 0.250. The van der Waals surface area contributed by atoms with E-state index in [4.69, 9.17) is 9.47 Å². The molecule has 1 aliphatic rings. The number of hydrogen-bond acceptors (Lipinski definition) is 3. The lowest BCUT2D eigenvalue weighted by atomic mass is 9.92. The summed E-state index contributed by atoms with van der Waals surface area (Å²) in [4.78, 5) is 19.1. The van der Waals surface area contributed by atoms with Crippen molar-refractivity contribution in [2.24, 2.45) is 0 Å². The number of urea groups is 1. The van der Waals surface area contributed by atoms with Crippen LogP contribution in [0.15, 0.2) is 60.7 Å². The molecule has 4 aromatic rings. The summed E-state index contributed by atoms with van der Waals surface area (Å²) >= 11 is 0. The molecule has 2 N–H and O–H groups in total. The highest BCUT2D eigenvalue weighted by Crippen LogP contribution is 2.40. The zero-order valence-corrected chi connectivity index (χ0v) is 19.9. The van der Waals surface area contributed by atoms with Crippen LogP contribution in [0.25, 0.3) is 10.9 Å². The predicted octanol–water partition coefficient (Wildman–Crippen LogP) is 5.98. The summed E-state index contributed by atoms with van der Waals surface area (Å²) in [6, 6.07) is 19.6. The molecule has 5 rings (SSSR count). The topological polar surface area (TPSA) is 66.6 Å². The van der Waals surface area contributed by atoms with Gasteiger partial charge in [-0.3, -0.25) is 0 Å². The largest absolute Gasteiger partial charge is 0.497 e. The fourth-order valence-electron chi connectivity index (χ4n) is 4.76. The number of aromatic nitrogens is 1. The fourth-order valence-corrected chi connectivity index (χ4v) is 4.76. The van der Waals surface area contributed by atoms with Crippen molar-refractivity contribution in [3.63, 3.8) is 0 Å². The van der Waals surface area contributed by atoms with Crippen molar-refractivity contribution in [3.8, 4) is 11.5 Å². The predicted molar refractivity (Wildman–Crippen MR) is 135 cm³/mol. The molecular weight excluding hydrogens is 426 g/mol. The number of ether oxygens (including phenoxy) is 2. The molecule has 2 amide bonds. The number of H-pyrrole nitrogens is 1. The first-order valence-corrected chi connectivity index (χ1v) is 11.5. The summed E-state index contributed by atoms with van der Waals surface area (Å²) in [5.74, 6) is 1.61. The van der Waals surface area contributed by atoms with Crippen LogP contribution in [0.2, 0.25) is 0 Å². The highest BCUT2D eigenvalue weighted by molar-refractivity contribution is 5.92. The zero-order chi connectivity index (χ0) is 23.8. The van der Waals surface area contributed by atoms with Gasteiger partial charge in [0.1, 0.15) is 11.5 Å². The van der Waals surface area contributed by atoms with Crippen molar-refractivity contribution in [1.82, 2.24) is 9.88 Å². The third-order valence-corrected chi connectivity index (χ3v) is 6.78. The standard InChI is InChI=1S/C28H29N3O3/c1-17-5-8-20(15-18(17)2)29-28(32)31-14-13-23-24-16-22(34-4)11-12-25(24)30-26(23)27(31)19-6-9-21(33-3)10-7-19/h5-12,15-16,27,30H,13-14H2,1-4H3,(H,29,32). The van der Waals surface area contributed by atoms with Gasteiger partial charge in [-0.15, -0.1) is 0 Å². The number of hydrogen-bond donors (Lipinski definition) is 2. The molecule has 0 aliphatic carbocycles. The first-order chi connectivity index (χ1) is 16.5. The first kappa shape index (κ1) is 21.9. The van der Waals surface area contributed by atoms with E-state index in [-0.39, 0.29) is 12.1 Å². The number of fused-ring (bicyclic) bond motifs is 3. The highest BCUT2D eigenvalue weighted by Gasteiger charge is 2.34. The molecule has 3 aromatic carbocycles. The lowest BCUT2D eigenvalue weighted by molar-refractivity contribution is 0.193. The van der Waals surface area contributed by atoms with Gasteiger partial charge in [-0.1, -0.05) is 18.2 Å². The van der Waals surface area contributed by atoms with Gasteiger partial charge in [-0.05, 0) is 85.0 Å². The Morgan fingerprint density at radius 1 is 0.941 bits per heavy atom. The van der Waals surface area contributed by atoms with Crippen LogP contribution < -0.4 is 14.8 Å². The summed E-state index contributed by atoms with van der Waals surface area (Å²) in [6.07, 6.45) is 0.759. The molecule has 1 unspecified atom stereocenters. The number of carbonyl (C=O) groups excluding carboxylic acids is 1. The van der Waals surface area contributed by atoms with Crippen LogP contribution in [0.5, 0.6) is 11.5 Å². The maximum absolute atomic E-state index is 13.6. The molecule has 6 heteroatoms. The smallest absolute Gasteiger partial charge is 0.322 e. The Hall–Kier alpha value is -3.93. The average molecular weight is 456 g/mol. The molecule has 0 saturated heterocycles. The third kappa shape index (κ3) is 3.85. The molecular formula is C28H29N3O3. The van der Waals surface area contributed by atoms with Crippen molar-refractivity contribution in [2.45, 2.75) is 26.3 Å². The van der Waals surface area contributed by atoms with Crippen molar-refractivity contribution in [2.75, 3.05) is 26.1 Å². The maximum atomic E-state index is 13.6. The van der Waals surface area contributed by atoms with Crippen LogP contribution in [-0.4, -0.2) is 36.7 Å². The van der Waals surface area contributed by atoms with Crippen LogP contribution in [0.1, 0.15) is 34.0 Å². The lowest BCUT2D eigenvalue weighted by Gasteiger charge is -2.36. The van der Waals surface area contributed by atoms with Crippen LogP contribution in [0, 0.1) is 13.8 Å². The van der Waals surface area contributed by atoms with E-state index >= 15 is 0 Å². The van der Waals surface area contributed by atoms with Crippen molar-refractivity contribution in [3.05, 3.63) is 88.6 Å². The van der Waals surface area contributed by atoms with E-state index in [1.807, 2.05) is 59.5 Å². The zero-order valence-electron chi connectivity index (χ0n) is 19.9. The van der Waals surface area contributed by atoms with Gasteiger partial charge in [0.2, 0.25) is 0 Å². The van der Waals surface area contributed by atoms with Crippen LogP contribution in [-0.2, 0) is 6.42 Å². The van der Waals surface area contributed by atoms with E-state index in [2.05, 4.69) is 30.2 Å². The molecule has 1 aliphatic heterocycles. The normalized spacial score (nSPS) is 15.2. The molecule has 0 radical (unpaired) electrons. The highest BCUT2D eigenvalue weighted by atomic mass is 16.5. The Morgan fingerprint density at radius 3 is 2.38 bits per heavy atom. The van der Waals surface area contributed by atoms with Crippen LogP contribution in [0.3, 0.4) is 0 Å². The number of methoxy groups -OCH3 is 2. The number of amides is 2. The summed E-state index contributed by atoms with van der Waals surface area (Å²) in [5.41, 5.74) is 7.48. The number of rotatable bonds is 4. The number of aromatic amines is 1. The van der Waals surface area contributed by atoms with Gasteiger partial charge in [0.05, 0.1) is 20.3 Å². The molecule has 0 saturated carbocycles. The average Bonchev–Trinajstić information content (AvgIpc) is 3.23. The van der Waals surface area contributed by atoms with Crippen molar-refractivity contribution in [1.29, 1.82) is 0 Å². The number of aryl methyl sites for hydroxylation is 2. The molecule has 1 atom stereocenters. The Labute approximate surface area is 199 Å². The Bertz CT molecular complexity index is 1360. The van der Waals surface area contributed by atoms with Gasteiger partial charge in [0.15, 0.2) is 0 Å². The Kier molecular flexibility index (Phi) is 5.65. The minimum absolute atomic E-state index is 0.119. The van der Waals surface area contributed by atoms with Crippen molar-refractivity contribution < 1.29 is 14.3 Å². The number of nitrogens with zero attached hydrogens (tertiary/aromatic N) is 1. The second kappa shape index (κ2) is 8.78. The van der Waals surface area contributed by atoms with E-state index in [0.717, 1.165) is 51.3 Å². The number of carbonyl (C=O) groups is 1. The molecule has 0 bridgehead atoms. The van der Waals surface area contributed by atoms with E-state index in [1.54, 1.807) is 14.2 Å². The maximum Gasteiger partial charge on any atom is 0.322 e. The van der Waals surface area contributed by atoms with E-state index in [1.165, 1.54) is 11.1 Å². The molecule has 174 valence electrons. The number of benzene rings is 3. The minimum atomic E-state index is -0.250. The molecule has 1 aromatic heterocycles. The molecule has 2 heterocycles. The summed E-state index contributed by atoms with van der Waals surface area (Å²) in [6.45, 7) is 4.72. The summed E-state index contributed by atoms with van der Waals surface area (Å²) in [7, 11) is 3.33. The van der Waals surface area contributed by atoms with Crippen LogP contribution in [0.4, 0.5) is 10.5 Å². The molecule has 0 spiro atoms. The molecule has 34 heavy (non-hydrogen) atoms. The van der Waals surface area contributed by atoms with Gasteiger partial charge in [0, 0.05) is 28.8 Å². The van der Waals surface area contributed by atoms with Gasteiger partial charge >= 0.3 is 6.03 Å². The van der Waals surface area contributed by atoms with E-state index in [9.17, 15) is 4.79 Å².